The number of nitrogens with zero attached hydrogens (tertiary/aromatic N) is 1. The standard InChI is InChI=1S/C20H19NO3S2/c1-12-8-9-15(13(2)10-12)21-19(22)17(26-20(21)25)11-14-6-5-7-16(23-3)18(14)24-4/h5-11H,1-4H3/b17-11-. The number of methoxy groups -OCH3 is 2. The Kier molecular flexibility index (Phi) is 5.34. The molecule has 0 atom stereocenters. The molecule has 1 aliphatic rings. The van der Waals surface area contributed by atoms with Crippen molar-refractivity contribution >= 4 is 46.0 Å². The smallest absolute Gasteiger partial charge is 0.270 e. The molecule has 0 bridgehead atoms. The summed E-state index contributed by atoms with van der Waals surface area (Å²) in [7, 11) is 3.16. The molecule has 0 saturated carbocycles. The number of ether oxygens (including phenoxy) is 2. The van der Waals surface area contributed by atoms with Crippen LogP contribution in [0.3, 0.4) is 0 Å². The number of anilines is 1. The quantitative estimate of drug-likeness (QED) is 0.562. The van der Waals surface area contributed by atoms with Crippen LogP contribution in [0.5, 0.6) is 11.5 Å². The van der Waals surface area contributed by atoms with Gasteiger partial charge in [-0.15, -0.1) is 0 Å². The van der Waals surface area contributed by atoms with Crippen molar-refractivity contribution in [1.82, 2.24) is 0 Å². The zero-order valence-electron chi connectivity index (χ0n) is 15.0. The summed E-state index contributed by atoms with van der Waals surface area (Å²) in [5, 5.41) is 0. The highest BCUT2D eigenvalue weighted by molar-refractivity contribution is 8.27. The first kappa shape index (κ1) is 18.5. The summed E-state index contributed by atoms with van der Waals surface area (Å²) in [6.07, 6.45) is 1.80. The summed E-state index contributed by atoms with van der Waals surface area (Å²) in [6.45, 7) is 4.01. The largest absolute Gasteiger partial charge is 0.493 e. The maximum Gasteiger partial charge on any atom is 0.270 e. The molecule has 0 unspecified atom stereocenters. The summed E-state index contributed by atoms with van der Waals surface area (Å²) in [5.74, 6) is 1.08. The van der Waals surface area contributed by atoms with Crippen molar-refractivity contribution in [2.45, 2.75) is 13.8 Å². The molecule has 0 N–H and O–H groups in total. The Hall–Kier alpha value is -2.31. The second-order valence-electron chi connectivity index (χ2n) is 5.89. The van der Waals surface area contributed by atoms with Crippen LogP contribution in [0.15, 0.2) is 41.3 Å². The van der Waals surface area contributed by atoms with Crippen molar-refractivity contribution in [3.63, 3.8) is 0 Å². The average Bonchev–Trinajstić information content (AvgIpc) is 2.89. The Morgan fingerprint density at radius 1 is 1.12 bits per heavy atom. The van der Waals surface area contributed by atoms with Gasteiger partial charge in [0.05, 0.1) is 24.8 Å². The van der Waals surface area contributed by atoms with E-state index in [1.807, 2.05) is 50.2 Å². The van der Waals surface area contributed by atoms with E-state index in [2.05, 4.69) is 0 Å². The van der Waals surface area contributed by atoms with Crippen LogP contribution < -0.4 is 14.4 Å². The third-order valence-corrected chi connectivity index (χ3v) is 5.41. The molecule has 1 aliphatic heterocycles. The second kappa shape index (κ2) is 7.51. The molecule has 0 aromatic heterocycles. The molecular formula is C20H19NO3S2. The molecule has 0 spiro atoms. The van der Waals surface area contributed by atoms with Gasteiger partial charge in [-0.2, -0.15) is 0 Å². The first-order valence-electron chi connectivity index (χ1n) is 8.02. The van der Waals surface area contributed by atoms with Crippen LogP contribution in [0.1, 0.15) is 16.7 Å². The number of carbonyl (C=O) groups excluding carboxylic acids is 1. The molecule has 3 rings (SSSR count). The van der Waals surface area contributed by atoms with E-state index < -0.39 is 0 Å². The molecule has 0 aliphatic carbocycles. The van der Waals surface area contributed by atoms with Gasteiger partial charge in [-0.1, -0.05) is 53.8 Å². The van der Waals surface area contributed by atoms with Gasteiger partial charge < -0.3 is 9.47 Å². The van der Waals surface area contributed by atoms with Gasteiger partial charge in [0, 0.05) is 5.56 Å². The topological polar surface area (TPSA) is 38.8 Å². The lowest BCUT2D eigenvalue weighted by Crippen LogP contribution is -2.28. The second-order valence-corrected chi connectivity index (χ2v) is 7.57. The number of rotatable bonds is 4. The highest BCUT2D eigenvalue weighted by Crippen LogP contribution is 2.39. The first-order chi connectivity index (χ1) is 12.5. The minimum Gasteiger partial charge on any atom is -0.493 e. The van der Waals surface area contributed by atoms with Crippen LogP contribution in [-0.2, 0) is 4.79 Å². The van der Waals surface area contributed by atoms with Gasteiger partial charge in [-0.05, 0) is 37.6 Å². The molecule has 26 heavy (non-hydrogen) atoms. The Balaban J connectivity index is 2.01. The van der Waals surface area contributed by atoms with E-state index in [9.17, 15) is 4.79 Å². The fourth-order valence-electron chi connectivity index (χ4n) is 2.90. The van der Waals surface area contributed by atoms with Crippen LogP contribution in [0, 0.1) is 13.8 Å². The predicted octanol–water partition coefficient (Wildman–Crippen LogP) is 4.73. The van der Waals surface area contributed by atoms with E-state index in [4.69, 9.17) is 21.7 Å². The van der Waals surface area contributed by atoms with Crippen LogP contribution in [0.25, 0.3) is 6.08 Å². The fourth-order valence-corrected chi connectivity index (χ4v) is 4.17. The van der Waals surface area contributed by atoms with Crippen LogP contribution in [0.4, 0.5) is 5.69 Å². The lowest BCUT2D eigenvalue weighted by atomic mass is 10.1. The van der Waals surface area contributed by atoms with Gasteiger partial charge in [0.1, 0.15) is 0 Å². The van der Waals surface area contributed by atoms with Crippen molar-refractivity contribution in [1.29, 1.82) is 0 Å². The number of thioether (sulfide) groups is 1. The number of aryl methyl sites for hydroxylation is 2. The Labute approximate surface area is 162 Å². The zero-order valence-corrected chi connectivity index (χ0v) is 16.7. The summed E-state index contributed by atoms with van der Waals surface area (Å²) in [4.78, 5) is 15.1. The number of carbonyl (C=O) groups is 1. The molecule has 0 radical (unpaired) electrons. The Bertz CT molecular complexity index is 921. The van der Waals surface area contributed by atoms with Gasteiger partial charge in [-0.25, -0.2) is 0 Å². The lowest BCUT2D eigenvalue weighted by Gasteiger charge is -2.17. The van der Waals surface area contributed by atoms with E-state index >= 15 is 0 Å². The monoisotopic (exact) mass is 385 g/mol. The van der Waals surface area contributed by atoms with Gasteiger partial charge in [0.15, 0.2) is 15.8 Å². The molecule has 6 heteroatoms. The van der Waals surface area contributed by atoms with Crippen molar-refractivity contribution in [3.8, 4) is 11.5 Å². The van der Waals surface area contributed by atoms with E-state index in [1.54, 1.807) is 25.2 Å². The number of para-hydroxylation sites is 1. The molecule has 2 aromatic rings. The normalized spacial score (nSPS) is 15.7. The van der Waals surface area contributed by atoms with E-state index in [-0.39, 0.29) is 5.91 Å². The van der Waals surface area contributed by atoms with E-state index in [0.29, 0.717) is 20.7 Å². The van der Waals surface area contributed by atoms with Gasteiger partial charge in [-0.3, -0.25) is 9.69 Å². The molecule has 1 heterocycles. The number of amides is 1. The van der Waals surface area contributed by atoms with E-state index in [0.717, 1.165) is 22.4 Å². The molecule has 1 fully saturated rings. The maximum atomic E-state index is 13.0. The Morgan fingerprint density at radius 2 is 1.88 bits per heavy atom. The van der Waals surface area contributed by atoms with Crippen LogP contribution in [-0.4, -0.2) is 24.4 Å². The molecule has 1 saturated heterocycles. The van der Waals surface area contributed by atoms with Gasteiger partial charge in [0.2, 0.25) is 0 Å². The molecule has 4 nitrogen and oxygen atoms in total. The van der Waals surface area contributed by atoms with Crippen LogP contribution in [0.2, 0.25) is 0 Å². The lowest BCUT2D eigenvalue weighted by molar-refractivity contribution is -0.113. The first-order valence-corrected chi connectivity index (χ1v) is 9.25. The number of thiocarbonyl (C=S) groups is 1. The highest BCUT2D eigenvalue weighted by Gasteiger charge is 2.34. The van der Waals surface area contributed by atoms with Crippen molar-refractivity contribution in [2.75, 3.05) is 19.1 Å². The highest BCUT2D eigenvalue weighted by atomic mass is 32.2. The average molecular weight is 386 g/mol. The Morgan fingerprint density at radius 3 is 2.54 bits per heavy atom. The number of hydrogen-bond donors (Lipinski definition) is 0. The third-order valence-electron chi connectivity index (χ3n) is 4.11. The SMILES string of the molecule is COc1cccc(/C=C2\SC(=S)N(c3ccc(C)cc3C)C2=O)c1OC. The van der Waals surface area contributed by atoms with Gasteiger partial charge >= 0.3 is 0 Å². The summed E-state index contributed by atoms with van der Waals surface area (Å²) >= 11 is 6.76. The summed E-state index contributed by atoms with van der Waals surface area (Å²) in [5.41, 5.74) is 3.75. The maximum absolute atomic E-state index is 13.0. The minimum atomic E-state index is -0.128. The molecule has 1 amide bonds. The van der Waals surface area contributed by atoms with Crippen molar-refractivity contribution < 1.29 is 14.3 Å². The van der Waals surface area contributed by atoms with E-state index in [1.165, 1.54) is 11.8 Å². The summed E-state index contributed by atoms with van der Waals surface area (Å²) < 4.78 is 11.3. The van der Waals surface area contributed by atoms with Crippen LogP contribution >= 0.6 is 24.0 Å². The predicted molar refractivity (Wildman–Crippen MR) is 111 cm³/mol. The number of hydrogen-bond acceptors (Lipinski definition) is 5. The van der Waals surface area contributed by atoms with Crippen molar-refractivity contribution in [3.05, 3.63) is 58.0 Å². The minimum absolute atomic E-state index is 0.128. The molecule has 2 aromatic carbocycles. The summed E-state index contributed by atoms with van der Waals surface area (Å²) in [6, 6.07) is 11.5. The molecule has 134 valence electrons. The number of benzene rings is 2. The van der Waals surface area contributed by atoms with Gasteiger partial charge in [0.25, 0.3) is 5.91 Å². The fraction of sp³-hybridized carbons (Fsp3) is 0.200. The molecular weight excluding hydrogens is 366 g/mol. The zero-order chi connectivity index (χ0) is 18.8. The van der Waals surface area contributed by atoms with Crippen molar-refractivity contribution in [2.24, 2.45) is 0 Å². The third kappa shape index (κ3) is 3.34.